The maximum absolute atomic E-state index is 13.5. The van der Waals surface area contributed by atoms with Crippen molar-refractivity contribution in [3.63, 3.8) is 0 Å². The van der Waals surface area contributed by atoms with Crippen LogP contribution in [0.15, 0.2) is 35.0 Å². The normalized spacial score (nSPS) is 10.2. The SMILES string of the molecule is O=C(CCc1ccsc1)Nc1cc([N+](=O)[O-])ccc1F. The van der Waals surface area contributed by atoms with Gasteiger partial charge >= 0.3 is 0 Å². The maximum Gasteiger partial charge on any atom is 0.271 e. The molecule has 2 rings (SSSR count). The molecular formula is C13H11FN2O3S. The molecule has 7 heteroatoms. The Labute approximate surface area is 118 Å². The first-order valence-electron chi connectivity index (χ1n) is 5.81. The van der Waals surface area contributed by atoms with Crippen LogP contribution in [-0.4, -0.2) is 10.8 Å². The van der Waals surface area contributed by atoms with Gasteiger partial charge in [0.05, 0.1) is 10.6 Å². The Kier molecular flexibility index (Phi) is 4.41. The van der Waals surface area contributed by atoms with Crippen LogP contribution >= 0.6 is 11.3 Å². The number of hydrogen-bond acceptors (Lipinski definition) is 4. The van der Waals surface area contributed by atoms with Crippen molar-refractivity contribution >= 4 is 28.6 Å². The first-order chi connectivity index (χ1) is 9.56. The molecular weight excluding hydrogens is 283 g/mol. The standard InChI is InChI=1S/C13H11FN2O3S/c14-11-3-2-10(16(18)19)7-12(11)15-13(17)4-1-9-5-6-20-8-9/h2-3,5-8H,1,4H2,(H,15,17). The molecule has 1 heterocycles. The van der Waals surface area contributed by atoms with E-state index in [4.69, 9.17) is 0 Å². The molecule has 0 saturated heterocycles. The van der Waals surface area contributed by atoms with Gasteiger partial charge in [-0.1, -0.05) is 0 Å². The zero-order valence-corrected chi connectivity index (χ0v) is 11.2. The van der Waals surface area contributed by atoms with Crippen LogP contribution in [0.5, 0.6) is 0 Å². The van der Waals surface area contributed by atoms with Crippen LogP contribution < -0.4 is 5.32 Å². The van der Waals surface area contributed by atoms with Gasteiger partial charge in [0.15, 0.2) is 0 Å². The largest absolute Gasteiger partial charge is 0.323 e. The minimum atomic E-state index is -0.695. The van der Waals surface area contributed by atoms with E-state index in [0.29, 0.717) is 6.42 Å². The summed E-state index contributed by atoms with van der Waals surface area (Å²) in [5.41, 5.74) is 0.596. The lowest BCUT2D eigenvalue weighted by molar-refractivity contribution is -0.384. The first kappa shape index (κ1) is 14.1. The fraction of sp³-hybridized carbons (Fsp3) is 0.154. The van der Waals surface area contributed by atoms with Gasteiger partial charge in [-0.3, -0.25) is 14.9 Å². The van der Waals surface area contributed by atoms with Crippen LogP contribution in [0.2, 0.25) is 0 Å². The predicted octanol–water partition coefficient (Wildman–Crippen LogP) is 3.37. The van der Waals surface area contributed by atoms with Crippen molar-refractivity contribution < 1.29 is 14.1 Å². The number of anilines is 1. The molecule has 1 aromatic heterocycles. The van der Waals surface area contributed by atoms with Crippen molar-refractivity contribution in [3.05, 3.63) is 56.5 Å². The Morgan fingerprint density at radius 3 is 2.85 bits per heavy atom. The molecule has 0 atom stereocenters. The van der Waals surface area contributed by atoms with E-state index >= 15 is 0 Å². The van der Waals surface area contributed by atoms with Crippen LogP contribution in [-0.2, 0) is 11.2 Å². The van der Waals surface area contributed by atoms with Crippen LogP contribution in [0.25, 0.3) is 0 Å². The lowest BCUT2D eigenvalue weighted by Crippen LogP contribution is -2.13. The highest BCUT2D eigenvalue weighted by atomic mass is 32.1. The van der Waals surface area contributed by atoms with E-state index in [-0.39, 0.29) is 23.7 Å². The zero-order valence-electron chi connectivity index (χ0n) is 10.3. The van der Waals surface area contributed by atoms with Gasteiger partial charge in [-0.2, -0.15) is 11.3 Å². The molecule has 1 N–H and O–H groups in total. The first-order valence-corrected chi connectivity index (χ1v) is 6.75. The monoisotopic (exact) mass is 294 g/mol. The molecule has 0 aliphatic heterocycles. The molecule has 20 heavy (non-hydrogen) atoms. The summed E-state index contributed by atoms with van der Waals surface area (Å²) in [4.78, 5) is 21.7. The van der Waals surface area contributed by atoms with Gasteiger partial charge in [-0.15, -0.1) is 0 Å². The molecule has 0 unspecified atom stereocenters. The third-order valence-electron chi connectivity index (χ3n) is 2.66. The second-order valence-corrected chi connectivity index (χ2v) is 4.88. The number of nitrogens with one attached hydrogen (secondary N) is 1. The van der Waals surface area contributed by atoms with Gasteiger partial charge < -0.3 is 5.32 Å². The molecule has 2 aromatic rings. The number of halogens is 1. The van der Waals surface area contributed by atoms with Gasteiger partial charge in [0.2, 0.25) is 5.91 Å². The summed E-state index contributed by atoms with van der Waals surface area (Å²) >= 11 is 1.54. The van der Waals surface area contributed by atoms with E-state index in [9.17, 15) is 19.3 Å². The van der Waals surface area contributed by atoms with Crippen LogP contribution in [0.1, 0.15) is 12.0 Å². The lowest BCUT2D eigenvalue weighted by atomic mass is 10.2. The molecule has 0 aliphatic carbocycles. The summed E-state index contributed by atoms with van der Waals surface area (Å²) in [5.74, 6) is -1.07. The van der Waals surface area contributed by atoms with Crippen LogP contribution in [0.3, 0.4) is 0 Å². The number of benzene rings is 1. The van der Waals surface area contributed by atoms with Crippen molar-refractivity contribution in [1.29, 1.82) is 0 Å². The molecule has 0 bridgehead atoms. The molecule has 1 amide bonds. The van der Waals surface area contributed by atoms with Crippen molar-refractivity contribution in [2.75, 3.05) is 5.32 Å². The molecule has 0 fully saturated rings. The summed E-state index contributed by atoms with van der Waals surface area (Å²) in [7, 11) is 0. The fourth-order valence-corrected chi connectivity index (χ4v) is 2.33. The number of carbonyl (C=O) groups is 1. The highest BCUT2D eigenvalue weighted by Crippen LogP contribution is 2.21. The summed E-state index contributed by atoms with van der Waals surface area (Å²) < 4.78 is 13.5. The van der Waals surface area contributed by atoms with Crippen molar-refractivity contribution in [3.8, 4) is 0 Å². The number of rotatable bonds is 5. The molecule has 0 radical (unpaired) electrons. The predicted molar refractivity (Wildman–Crippen MR) is 74.3 cm³/mol. The zero-order chi connectivity index (χ0) is 14.5. The number of nitro groups is 1. The maximum atomic E-state index is 13.5. The third kappa shape index (κ3) is 3.61. The lowest BCUT2D eigenvalue weighted by Gasteiger charge is -2.05. The number of aryl methyl sites for hydroxylation is 1. The van der Waals surface area contributed by atoms with Gasteiger partial charge in [-0.05, 0) is 34.9 Å². The summed E-state index contributed by atoms with van der Waals surface area (Å²) in [6.45, 7) is 0. The molecule has 1 aromatic carbocycles. The second-order valence-electron chi connectivity index (χ2n) is 4.10. The van der Waals surface area contributed by atoms with Crippen LogP contribution in [0, 0.1) is 15.9 Å². The van der Waals surface area contributed by atoms with E-state index in [2.05, 4.69) is 5.32 Å². The highest BCUT2D eigenvalue weighted by molar-refractivity contribution is 7.07. The highest BCUT2D eigenvalue weighted by Gasteiger charge is 2.13. The second kappa shape index (κ2) is 6.25. The van der Waals surface area contributed by atoms with Crippen molar-refractivity contribution in [1.82, 2.24) is 0 Å². The Hall–Kier alpha value is -2.28. The average molecular weight is 294 g/mol. The quantitative estimate of drug-likeness (QED) is 0.678. The van der Waals surface area contributed by atoms with E-state index in [1.165, 1.54) is 11.3 Å². The minimum absolute atomic E-state index is 0.172. The van der Waals surface area contributed by atoms with Gasteiger partial charge in [-0.25, -0.2) is 4.39 Å². The molecule has 104 valence electrons. The van der Waals surface area contributed by atoms with Crippen LogP contribution in [0.4, 0.5) is 15.8 Å². The summed E-state index contributed by atoms with van der Waals surface area (Å²) in [6, 6.07) is 4.94. The Balaban J connectivity index is 2.00. The molecule has 0 aliphatic rings. The Morgan fingerprint density at radius 2 is 2.20 bits per heavy atom. The number of amides is 1. The number of thiophene rings is 1. The van der Waals surface area contributed by atoms with Gasteiger partial charge in [0.1, 0.15) is 5.82 Å². The van der Waals surface area contributed by atoms with E-state index in [0.717, 1.165) is 23.8 Å². The van der Waals surface area contributed by atoms with E-state index in [1.54, 1.807) is 0 Å². The fourth-order valence-electron chi connectivity index (χ4n) is 1.63. The smallest absolute Gasteiger partial charge is 0.271 e. The Morgan fingerprint density at radius 1 is 1.40 bits per heavy atom. The Bertz CT molecular complexity index is 629. The van der Waals surface area contributed by atoms with E-state index < -0.39 is 10.7 Å². The number of nitrogens with zero attached hydrogens (tertiary/aromatic N) is 1. The van der Waals surface area contributed by atoms with Gasteiger partial charge in [0.25, 0.3) is 5.69 Å². The van der Waals surface area contributed by atoms with E-state index in [1.807, 2.05) is 16.8 Å². The number of nitro benzene ring substituents is 1. The number of hydrogen-bond donors (Lipinski definition) is 1. The van der Waals surface area contributed by atoms with Crippen molar-refractivity contribution in [2.45, 2.75) is 12.8 Å². The molecule has 5 nitrogen and oxygen atoms in total. The van der Waals surface area contributed by atoms with Gasteiger partial charge in [0, 0.05) is 18.6 Å². The summed E-state index contributed by atoms with van der Waals surface area (Å²) in [5, 5.41) is 16.8. The molecule has 0 spiro atoms. The minimum Gasteiger partial charge on any atom is -0.323 e. The number of non-ortho nitro benzene ring substituents is 1. The topological polar surface area (TPSA) is 72.2 Å². The average Bonchev–Trinajstić information content (AvgIpc) is 2.92. The molecule has 0 saturated carbocycles. The summed E-state index contributed by atoms with van der Waals surface area (Å²) in [6.07, 6.45) is 0.741. The third-order valence-corrected chi connectivity index (χ3v) is 3.39. The number of carbonyl (C=O) groups excluding carboxylic acids is 1. The van der Waals surface area contributed by atoms with Crippen molar-refractivity contribution in [2.24, 2.45) is 0 Å².